The molecule has 0 saturated carbocycles. The lowest BCUT2D eigenvalue weighted by Gasteiger charge is -2.28. The number of carbonyl (C=O) groups excluding carboxylic acids is 1. The Kier molecular flexibility index (Phi) is 3.65. The van der Waals surface area contributed by atoms with Crippen LogP contribution in [0.3, 0.4) is 0 Å². The fourth-order valence-electron chi connectivity index (χ4n) is 3.13. The molecule has 0 bridgehead atoms. The van der Waals surface area contributed by atoms with Crippen molar-refractivity contribution < 1.29 is 4.79 Å². The second kappa shape index (κ2) is 5.74. The van der Waals surface area contributed by atoms with Crippen molar-refractivity contribution in [2.45, 2.75) is 26.7 Å². The summed E-state index contributed by atoms with van der Waals surface area (Å²) < 4.78 is 1.71. The normalized spacial score (nSPS) is 15.9. The smallest absolute Gasteiger partial charge is 0.176 e. The minimum Gasteiger partial charge on any atom is -0.293 e. The number of halogens is 1. The molecule has 7 heteroatoms. The van der Waals surface area contributed by atoms with Gasteiger partial charge >= 0.3 is 0 Å². The van der Waals surface area contributed by atoms with Crippen LogP contribution in [0.4, 0.5) is 0 Å². The number of Topliss-reactive ketones (excluding diaryl/α,β-unsaturated/α-hetero) is 1. The Bertz CT molecular complexity index is 948. The summed E-state index contributed by atoms with van der Waals surface area (Å²) in [6.07, 6.45) is 4.90. The molecule has 0 N–H and O–H groups in total. The largest absolute Gasteiger partial charge is 0.293 e. The van der Waals surface area contributed by atoms with Crippen LogP contribution in [0.25, 0.3) is 17.1 Å². The Balaban J connectivity index is 1.96. The van der Waals surface area contributed by atoms with Crippen molar-refractivity contribution in [2.24, 2.45) is 5.41 Å². The Morgan fingerprint density at radius 3 is 2.56 bits per heavy atom. The number of pyridine rings is 1. The molecular weight excluding hydrogens is 338 g/mol. The van der Waals surface area contributed by atoms with E-state index in [0.29, 0.717) is 22.2 Å². The van der Waals surface area contributed by atoms with Crippen LogP contribution < -0.4 is 0 Å². The van der Waals surface area contributed by atoms with Crippen LogP contribution in [0.5, 0.6) is 0 Å². The summed E-state index contributed by atoms with van der Waals surface area (Å²) in [5.41, 5.74) is 2.64. The highest BCUT2D eigenvalue weighted by Gasteiger charge is 2.39. The Labute approximate surface area is 149 Å². The molecule has 1 aliphatic rings. The van der Waals surface area contributed by atoms with E-state index in [1.165, 1.54) is 0 Å². The van der Waals surface area contributed by atoms with Crippen molar-refractivity contribution >= 4 is 17.4 Å². The Hall–Kier alpha value is -2.60. The van der Waals surface area contributed by atoms with E-state index in [1.54, 1.807) is 29.2 Å². The van der Waals surface area contributed by atoms with E-state index in [2.05, 4.69) is 15.2 Å². The van der Waals surface area contributed by atoms with Gasteiger partial charge in [-0.15, -0.1) is 10.2 Å². The average molecular weight is 354 g/mol. The lowest BCUT2D eigenvalue weighted by Crippen LogP contribution is -2.31. The molecule has 3 heterocycles. The monoisotopic (exact) mass is 353 g/mol. The number of hydrogen-bond acceptors (Lipinski definition) is 5. The van der Waals surface area contributed by atoms with Gasteiger partial charge in [-0.2, -0.15) is 5.10 Å². The zero-order valence-corrected chi connectivity index (χ0v) is 14.7. The van der Waals surface area contributed by atoms with E-state index in [0.717, 1.165) is 24.1 Å². The zero-order valence-electron chi connectivity index (χ0n) is 13.9. The third-order valence-electron chi connectivity index (χ3n) is 4.60. The van der Waals surface area contributed by atoms with Gasteiger partial charge in [0.25, 0.3) is 0 Å². The Morgan fingerprint density at radius 1 is 1.12 bits per heavy atom. The molecule has 0 aliphatic heterocycles. The van der Waals surface area contributed by atoms with Crippen LogP contribution in [0.1, 0.15) is 36.3 Å². The summed E-state index contributed by atoms with van der Waals surface area (Å²) in [5, 5.41) is 13.0. The van der Waals surface area contributed by atoms with Crippen molar-refractivity contribution in [1.29, 1.82) is 0 Å². The minimum atomic E-state index is -0.408. The highest BCUT2D eigenvalue weighted by Crippen LogP contribution is 2.39. The lowest BCUT2D eigenvalue weighted by molar-refractivity contribution is 0.0811. The molecule has 0 fully saturated rings. The molecule has 3 aromatic heterocycles. The summed E-state index contributed by atoms with van der Waals surface area (Å²) in [6, 6.07) is 7.13. The van der Waals surface area contributed by atoms with E-state index in [-0.39, 0.29) is 5.78 Å². The van der Waals surface area contributed by atoms with Crippen molar-refractivity contribution in [3.8, 4) is 17.1 Å². The van der Waals surface area contributed by atoms with Gasteiger partial charge < -0.3 is 0 Å². The second-order valence-electron chi connectivity index (χ2n) is 6.75. The van der Waals surface area contributed by atoms with E-state index in [9.17, 15) is 4.79 Å². The molecule has 6 nitrogen and oxygen atoms in total. The first-order valence-corrected chi connectivity index (χ1v) is 8.42. The lowest BCUT2D eigenvalue weighted by atomic mass is 9.74. The van der Waals surface area contributed by atoms with Gasteiger partial charge in [0, 0.05) is 23.4 Å². The van der Waals surface area contributed by atoms with Crippen LogP contribution in [-0.4, -0.2) is 30.7 Å². The molecule has 0 spiro atoms. The molecule has 0 saturated heterocycles. The number of carbonyl (C=O) groups is 1. The predicted octanol–water partition coefficient (Wildman–Crippen LogP) is 3.53. The molecule has 3 aromatic rings. The standard InChI is InChI=1S/C18H16ClN5O/c1-18(2)8-5-12-15(17(18)25)16(11-6-9-20-10-7-11)23-24(12)14-4-3-13(19)21-22-14/h3-4,6-7,9-10H,5,8H2,1-2H3. The molecule has 0 aromatic carbocycles. The Morgan fingerprint density at radius 2 is 1.88 bits per heavy atom. The number of fused-ring (bicyclic) bond motifs is 1. The van der Waals surface area contributed by atoms with Crippen LogP contribution >= 0.6 is 11.6 Å². The maximum atomic E-state index is 13.1. The summed E-state index contributed by atoms with van der Waals surface area (Å²) in [4.78, 5) is 17.2. The fraction of sp³-hybridized carbons (Fsp3) is 0.278. The van der Waals surface area contributed by atoms with Gasteiger partial charge in [0.15, 0.2) is 16.8 Å². The molecule has 0 radical (unpaired) electrons. The highest BCUT2D eigenvalue weighted by atomic mass is 35.5. The van der Waals surface area contributed by atoms with Gasteiger partial charge in [0.1, 0.15) is 5.69 Å². The van der Waals surface area contributed by atoms with E-state index in [1.807, 2.05) is 26.0 Å². The number of ketones is 1. The maximum absolute atomic E-state index is 13.1. The topological polar surface area (TPSA) is 73.6 Å². The van der Waals surface area contributed by atoms with Crippen molar-refractivity contribution in [2.75, 3.05) is 0 Å². The first-order valence-electron chi connectivity index (χ1n) is 8.04. The van der Waals surface area contributed by atoms with Crippen molar-refractivity contribution in [3.05, 3.63) is 53.1 Å². The zero-order chi connectivity index (χ0) is 17.6. The number of nitrogens with zero attached hydrogens (tertiary/aromatic N) is 5. The van der Waals surface area contributed by atoms with Crippen molar-refractivity contribution in [3.63, 3.8) is 0 Å². The van der Waals surface area contributed by atoms with Crippen LogP contribution in [-0.2, 0) is 6.42 Å². The van der Waals surface area contributed by atoms with Gasteiger partial charge in [0.05, 0.1) is 11.3 Å². The fourth-order valence-corrected chi connectivity index (χ4v) is 3.23. The van der Waals surface area contributed by atoms with Gasteiger partial charge in [-0.1, -0.05) is 25.4 Å². The van der Waals surface area contributed by atoms with E-state index >= 15 is 0 Å². The maximum Gasteiger partial charge on any atom is 0.176 e. The van der Waals surface area contributed by atoms with Gasteiger partial charge in [-0.05, 0) is 37.1 Å². The van der Waals surface area contributed by atoms with Crippen LogP contribution in [0.15, 0.2) is 36.7 Å². The minimum absolute atomic E-state index is 0.105. The third kappa shape index (κ3) is 2.62. The molecule has 1 aliphatic carbocycles. The number of rotatable bonds is 2. The van der Waals surface area contributed by atoms with Gasteiger partial charge in [-0.25, -0.2) is 4.68 Å². The molecule has 4 rings (SSSR count). The summed E-state index contributed by atoms with van der Waals surface area (Å²) in [6.45, 7) is 3.96. The summed E-state index contributed by atoms with van der Waals surface area (Å²) in [5.74, 6) is 0.655. The first-order chi connectivity index (χ1) is 12.0. The van der Waals surface area contributed by atoms with Crippen molar-refractivity contribution in [1.82, 2.24) is 25.0 Å². The molecule has 0 unspecified atom stereocenters. The summed E-state index contributed by atoms with van der Waals surface area (Å²) >= 11 is 5.84. The third-order valence-corrected chi connectivity index (χ3v) is 4.80. The highest BCUT2D eigenvalue weighted by molar-refractivity contribution is 6.29. The van der Waals surface area contributed by atoms with Gasteiger partial charge in [0.2, 0.25) is 0 Å². The average Bonchev–Trinajstić information content (AvgIpc) is 3.00. The first kappa shape index (κ1) is 15.9. The molecular formula is C18H16ClN5O. The van der Waals surface area contributed by atoms with Gasteiger partial charge in [-0.3, -0.25) is 9.78 Å². The quantitative estimate of drug-likeness (QED) is 0.704. The molecule has 0 amide bonds. The molecule has 25 heavy (non-hydrogen) atoms. The van der Waals surface area contributed by atoms with Crippen LogP contribution in [0.2, 0.25) is 5.15 Å². The van der Waals surface area contributed by atoms with E-state index < -0.39 is 5.41 Å². The van der Waals surface area contributed by atoms with Crippen LogP contribution in [0, 0.1) is 5.41 Å². The molecule has 0 atom stereocenters. The summed E-state index contributed by atoms with van der Waals surface area (Å²) in [7, 11) is 0. The predicted molar refractivity (Wildman–Crippen MR) is 93.8 cm³/mol. The molecule has 126 valence electrons. The SMILES string of the molecule is CC1(C)CCc2c(c(-c3ccncc3)nn2-c2ccc(Cl)nn2)C1=O. The van der Waals surface area contributed by atoms with E-state index in [4.69, 9.17) is 16.7 Å². The second-order valence-corrected chi connectivity index (χ2v) is 7.13. The number of hydrogen-bond donors (Lipinski definition) is 0. The number of aromatic nitrogens is 5.